The monoisotopic (exact) mass is 470 g/mol. The first-order valence-electron chi connectivity index (χ1n) is 12.2. The average Bonchev–Trinajstić information content (AvgIpc) is 3.64. The highest BCUT2D eigenvalue weighted by Crippen LogP contribution is 2.34. The van der Waals surface area contributed by atoms with Gasteiger partial charge in [0.05, 0.1) is 0 Å². The van der Waals surface area contributed by atoms with Gasteiger partial charge in [-0.05, 0) is 30.4 Å². The number of rotatable bonds is 8. The van der Waals surface area contributed by atoms with Gasteiger partial charge in [0.15, 0.2) is 0 Å². The summed E-state index contributed by atoms with van der Waals surface area (Å²) in [4.78, 5) is 41.6. The number of nitrogens with zero attached hydrogens (tertiary/aromatic N) is 2. The lowest BCUT2D eigenvalue weighted by atomic mass is 10.1. The minimum Gasteiger partial charge on any atom is -0.349 e. The topological polar surface area (TPSA) is 83.4 Å². The van der Waals surface area contributed by atoms with E-state index in [9.17, 15) is 14.4 Å². The van der Waals surface area contributed by atoms with Gasteiger partial charge in [-0.25, -0.2) is 0 Å². The molecule has 3 aromatic rings. The van der Waals surface area contributed by atoms with Crippen molar-refractivity contribution in [1.82, 2.24) is 20.1 Å². The molecule has 180 valence electrons. The molecule has 2 aliphatic rings. The van der Waals surface area contributed by atoms with E-state index in [1.54, 1.807) is 12.4 Å². The Morgan fingerprint density at radius 1 is 0.829 bits per heavy atom. The van der Waals surface area contributed by atoms with Crippen LogP contribution < -0.4 is 16.1 Å². The molecule has 7 heteroatoms. The van der Waals surface area contributed by atoms with Crippen LogP contribution in [-0.4, -0.2) is 40.4 Å². The van der Waals surface area contributed by atoms with E-state index in [4.69, 9.17) is 0 Å². The SMILES string of the molecule is O=C(NCc1ccccc1)c1cn(C2CC2)cc(C(=O)N[C@@H]2CCN(Cc3ccccc3)C2)c1=O. The van der Waals surface area contributed by atoms with Crippen LogP contribution in [0.1, 0.15) is 57.1 Å². The van der Waals surface area contributed by atoms with Crippen LogP contribution in [0.4, 0.5) is 0 Å². The normalized spacial score (nSPS) is 17.8. The summed E-state index contributed by atoms with van der Waals surface area (Å²) < 4.78 is 1.85. The lowest BCUT2D eigenvalue weighted by Gasteiger charge is -2.17. The highest BCUT2D eigenvalue weighted by atomic mass is 16.2. The molecule has 2 aromatic carbocycles. The van der Waals surface area contributed by atoms with E-state index in [-0.39, 0.29) is 23.2 Å². The highest BCUT2D eigenvalue weighted by molar-refractivity contribution is 5.99. The molecule has 1 saturated heterocycles. The van der Waals surface area contributed by atoms with Crippen LogP contribution in [0.5, 0.6) is 0 Å². The predicted molar refractivity (Wildman–Crippen MR) is 134 cm³/mol. The third-order valence-corrected chi connectivity index (χ3v) is 6.66. The molecule has 1 saturated carbocycles. The van der Waals surface area contributed by atoms with Crippen LogP contribution in [0.15, 0.2) is 77.9 Å². The third kappa shape index (κ3) is 5.69. The van der Waals surface area contributed by atoms with Crippen molar-refractivity contribution in [2.24, 2.45) is 0 Å². The van der Waals surface area contributed by atoms with E-state index < -0.39 is 17.2 Å². The maximum Gasteiger partial charge on any atom is 0.257 e. The summed E-state index contributed by atoms with van der Waals surface area (Å²) in [6.45, 7) is 2.76. The lowest BCUT2D eigenvalue weighted by Crippen LogP contribution is -2.40. The fraction of sp³-hybridized carbons (Fsp3) is 0.321. The van der Waals surface area contributed by atoms with Crippen LogP contribution in [-0.2, 0) is 13.1 Å². The molecule has 1 aliphatic carbocycles. The molecule has 0 radical (unpaired) electrons. The van der Waals surface area contributed by atoms with Crippen molar-refractivity contribution in [3.05, 3.63) is 106 Å². The van der Waals surface area contributed by atoms with Gasteiger partial charge < -0.3 is 15.2 Å². The van der Waals surface area contributed by atoms with E-state index in [1.165, 1.54) is 5.56 Å². The van der Waals surface area contributed by atoms with Crippen molar-refractivity contribution < 1.29 is 9.59 Å². The van der Waals surface area contributed by atoms with Gasteiger partial charge in [0, 0.05) is 50.7 Å². The second-order valence-electron chi connectivity index (χ2n) is 9.44. The quantitative estimate of drug-likeness (QED) is 0.530. The van der Waals surface area contributed by atoms with E-state index in [1.807, 2.05) is 53.1 Å². The predicted octanol–water partition coefficient (Wildman–Crippen LogP) is 3.12. The average molecular weight is 471 g/mol. The molecular weight excluding hydrogens is 440 g/mol. The van der Waals surface area contributed by atoms with Gasteiger partial charge in [-0.15, -0.1) is 0 Å². The van der Waals surface area contributed by atoms with E-state index in [0.29, 0.717) is 6.54 Å². The number of amides is 2. The molecule has 1 aromatic heterocycles. The maximum absolute atomic E-state index is 13.2. The molecule has 7 nitrogen and oxygen atoms in total. The van der Waals surface area contributed by atoms with Crippen LogP contribution >= 0.6 is 0 Å². The molecule has 2 fully saturated rings. The highest BCUT2D eigenvalue weighted by Gasteiger charge is 2.29. The fourth-order valence-corrected chi connectivity index (χ4v) is 4.58. The van der Waals surface area contributed by atoms with Crippen molar-refractivity contribution in [1.29, 1.82) is 0 Å². The fourth-order valence-electron chi connectivity index (χ4n) is 4.58. The van der Waals surface area contributed by atoms with Crippen molar-refractivity contribution in [3.8, 4) is 0 Å². The van der Waals surface area contributed by atoms with Crippen molar-refractivity contribution in [2.45, 2.75) is 44.4 Å². The summed E-state index contributed by atoms with van der Waals surface area (Å²) in [5.74, 6) is -0.869. The minimum absolute atomic E-state index is 0.0117. The van der Waals surface area contributed by atoms with Gasteiger partial charge in [0.1, 0.15) is 11.1 Å². The number of carbonyl (C=O) groups is 2. The Balaban J connectivity index is 1.28. The minimum atomic E-state index is -0.524. The first-order valence-corrected chi connectivity index (χ1v) is 12.2. The van der Waals surface area contributed by atoms with Crippen LogP contribution in [0.3, 0.4) is 0 Å². The van der Waals surface area contributed by atoms with Gasteiger partial charge in [-0.2, -0.15) is 0 Å². The number of likely N-dealkylation sites (tertiary alicyclic amines) is 1. The van der Waals surface area contributed by atoms with Gasteiger partial charge in [0.25, 0.3) is 11.8 Å². The van der Waals surface area contributed by atoms with Crippen LogP contribution in [0, 0.1) is 0 Å². The Kier molecular flexibility index (Phi) is 6.77. The number of benzene rings is 2. The molecule has 5 rings (SSSR count). The van der Waals surface area contributed by atoms with Crippen LogP contribution in [0.25, 0.3) is 0 Å². The summed E-state index contributed by atoms with van der Waals surface area (Å²) >= 11 is 0. The molecule has 2 N–H and O–H groups in total. The van der Waals surface area contributed by atoms with Gasteiger partial charge in [-0.1, -0.05) is 60.7 Å². The maximum atomic E-state index is 13.2. The molecule has 1 atom stereocenters. The molecule has 2 heterocycles. The van der Waals surface area contributed by atoms with Crippen molar-refractivity contribution in [2.75, 3.05) is 13.1 Å². The molecule has 35 heavy (non-hydrogen) atoms. The van der Waals surface area contributed by atoms with Gasteiger partial charge >= 0.3 is 0 Å². The number of carbonyl (C=O) groups excluding carboxylic acids is 2. The second-order valence-corrected chi connectivity index (χ2v) is 9.44. The number of hydrogen-bond acceptors (Lipinski definition) is 4. The first kappa shape index (κ1) is 23.1. The second kappa shape index (κ2) is 10.3. The summed E-state index contributed by atoms with van der Waals surface area (Å²) in [7, 11) is 0. The zero-order valence-corrected chi connectivity index (χ0v) is 19.7. The smallest absolute Gasteiger partial charge is 0.257 e. The Hall–Kier alpha value is -3.71. The first-order chi connectivity index (χ1) is 17.1. The lowest BCUT2D eigenvalue weighted by molar-refractivity contribution is 0.0935. The van der Waals surface area contributed by atoms with E-state index in [2.05, 4.69) is 27.7 Å². The third-order valence-electron chi connectivity index (χ3n) is 6.66. The summed E-state index contributed by atoms with van der Waals surface area (Å²) in [5, 5.41) is 5.86. The zero-order valence-electron chi connectivity index (χ0n) is 19.7. The number of hydrogen-bond donors (Lipinski definition) is 2. The zero-order chi connectivity index (χ0) is 24.2. The van der Waals surface area contributed by atoms with Gasteiger partial charge in [0.2, 0.25) is 5.43 Å². The number of nitrogens with one attached hydrogen (secondary N) is 2. The molecular formula is C28H30N4O3. The van der Waals surface area contributed by atoms with Crippen LogP contribution in [0.2, 0.25) is 0 Å². The summed E-state index contributed by atoms with van der Waals surface area (Å²) in [6, 6.07) is 20.0. The van der Waals surface area contributed by atoms with E-state index >= 15 is 0 Å². The molecule has 1 aliphatic heterocycles. The Morgan fingerprint density at radius 2 is 1.46 bits per heavy atom. The molecule has 2 amide bonds. The summed E-state index contributed by atoms with van der Waals surface area (Å²) in [6.07, 6.45) is 5.99. The molecule has 0 spiro atoms. The van der Waals surface area contributed by atoms with E-state index in [0.717, 1.165) is 44.5 Å². The Labute approximate surface area is 204 Å². The van der Waals surface area contributed by atoms with Gasteiger partial charge in [-0.3, -0.25) is 19.3 Å². The Bertz CT molecular complexity index is 1250. The summed E-state index contributed by atoms with van der Waals surface area (Å²) in [5.41, 5.74) is 1.70. The van der Waals surface area contributed by atoms with Crippen molar-refractivity contribution in [3.63, 3.8) is 0 Å². The Morgan fingerprint density at radius 3 is 2.11 bits per heavy atom. The number of pyridine rings is 1. The standard InChI is InChI=1S/C28H30N4O3/c33-26-24(27(34)29-15-20-7-3-1-4-8-20)18-32(23-11-12-23)19-25(26)28(35)30-22-13-14-31(17-22)16-21-9-5-2-6-10-21/h1-10,18-19,22-23H,11-17H2,(H,29,34)(H,30,35)/t22-/m1/s1. The van der Waals surface area contributed by atoms with Crippen molar-refractivity contribution >= 4 is 11.8 Å². The molecule has 0 unspecified atom stereocenters. The largest absolute Gasteiger partial charge is 0.349 e. The molecule has 0 bridgehead atoms. The number of aromatic nitrogens is 1.